The van der Waals surface area contributed by atoms with Crippen molar-refractivity contribution in [2.75, 3.05) is 5.32 Å². The van der Waals surface area contributed by atoms with Gasteiger partial charge >= 0.3 is 0 Å². The molecule has 1 aliphatic carbocycles. The van der Waals surface area contributed by atoms with Gasteiger partial charge in [0.15, 0.2) is 0 Å². The lowest BCUT2D eigenvalue weighted by molar-refractivity contribution is 0.126. The number of aliphatic hydroxyl groups excluding tert-OH is 1. The Hall–Kier alpha value is -2.77. The van der Waals surface area contributed by atoms with Crippen molar-refractivity contribution in [1.29, 1.82) is 5.26 Å². The highest BCUT2D eigenvalue weighted by molar-refractivity contribution is 5.99. The van der Waals surface area contributed by atoms with E-state index < -0.39 is 0 Å². The molecule has 3 aromatic rings. The van der Waals surface area contributed by atoms with E-state index in [0.29, 0.717) is 11.6 Å². The maximum absolute atomic E-state index is 9.79. The third-order valence-electron chi connectivity index (χ3n) is 6.61. The SMILES string of the molecule is N#Cc1ccc(-c2c3n(c4ccccc24)CCCC3)cc1NC1CCC(O)CC1. The van der Waals surface area contributed by atoms with E-state index in [-0.39, 0.29) is 6.10 Å². The summed E-state index contributed by atoms with van der Waals surface area (Å²) in [7, 11) is 0. The largest absolute Gasteiger partial charge is 0.393 e. The Balaban J connectivity index is 1.58. The Morgan fingerprint density at radius 3 is 2.69 bits per heavy atom. The molecule has 2 N–H and O–H groups in total. The molecule has 1 aliphatic heterocycles. The molecular formula is C25H27N3O. The first-order chi connectivity index (χ1) is 14.2. The zero-order valence-corrected chi connectivity index (χ0v) is 16.7. The molecule has 0 amide bonds. The summed E-state index contributed by atoms with van der Waals surface area (Å²) in [6, 6.07) is 17.6. The van der Waals surface area contributed by atoms with Gasteiger partial charge in [-0.05, 0) is 68.7 Å². The first-order valence-corrected chi connectivity index (χ1v) is 10.8. The lowest BCUT2D eigenvalue weighted by Crippen LogP contribution is -2.28. The van der Waals surface area contributed by atoms with E-state index >= 15 is 0 Å². The number of aryl methyl sites for hydroxylation is 1. The van der Waals surface area contributed by atoms with Crippen molar-refractivity contribution in [3.05, 3.63) is 53.7 Å². The molecule has 0 saturated heterocycles. The molecule has 4 nitrogen and oxygen atoms in total. The fourth-order valence-electron chi connectivity index (χ4n) is 5.11. The second-order valence-electron chi connectivity index (χ2n) is 8.47. The van der Waals surface area contributed by atoms with Gasteiger partial charge in [0.25, 0.3) is 0 Å². The summed E-state index contributed by atoms with van der Waals surface area (Å²) >= 11 is 0. The summed E-state index contributed by atoms with van der Waals surface area (Å²) in [6.07, 6.45) is 6.95. The maximum atomic E-state index is 9.79. The fraction of sp³-hybridized carbons (Fsp3) is 0.400. The lowest BCUT2D eigenvalue weighted by atomic mass is 9.92. The van der Waals surface area contributed by atoms with E-state index in [0.717, 1.165) is 44.3 Å². The van der Waals surface area contributed by atoms with Gasteiger partial charge in [-0.15, -0.1) is 0 Å². The molecule has 2 aromatic carbocycles. The van der Waals surface area contributed by atoms with Crippen LogP contribution < -0.4 is 5.32 Å². The predicted molar refractivity (Wildman–Crippen MR) is 117 cm³/mol. The van der Waals surface area contributed by atoms with Crippen LogP contribution in [0.4, 0.5) is 5.69 Å². The van der Waals surface area contributed by atoms with Crippen molar-refractivity contribution >= 4 is 16.6 Å². The van der Waals surface area contributed by atoms with Gasteiger partial charge in [-0.2, -0.15) is 5.26 Å². The number of fused-ring (bicyclic) bond motifs is 3. The van der Waals surface area contributed by atoms with E-state index in [4.69, 9.17) is 0 Å². The summed E-state index contributed by atoms with van der Waals surface area (Å²) in [5.74, 6) is 0. The molecule has 1 fully saturated rings. The molecule has 0 spiro atoms. The van der Waals surface area contributed by atoms with Crippen LogP contribution in [-0.2, 0) is 13.0 Å². The van der Waals surface area contributed by atoms with Gasteiger partial charge < -0.3 is 15.0 Å². The van der Waals surface area contributed by atoms with E-state index in [1.807, 2.05) is 6.07 Å². The molecule has 0 bridgehead atoms. The predicted octanol–water partition coefficient (Wildman–Crippen LogP) is 5.23. The van der Waals surface area contributed by atoms with Crippen LogP contribution in [0.2, 0.25) is 0 Å². The zero-order valence-electron chi connectivity index (χ0n) is 16.7. The highest BCUT2D eigenvalue weighted by Crippen LogP contribution is 2.39. The number of benzene rings is 2. The molecule has 2 aliphatic rings. The fourth-order valence-corrected chi connectivity index (χ4v) is 5.11. The molecule has 5 rings (SSSR count). The molecule has 2 heterocycles. The molecular weight excluding hydrogens is 358 g/mol. The average molecular weight is 386 g/mol. The van der Waals surface area contributed by atoms with Crippen molar-refractivity contribution in [3.63, 3.8) is 0 Å². The topological polar surface area (TPSA) is 61.0 Å². The third-order valence-corrected chi connectivity index (χ3v) is 6.61. The maximum Gasteiger partial charge on any atom is 0.101 e. The summed E-state index contributed by atoms with van der Waals surface area (Å²) < 4.78 is 2.49. The van der Waals surface area contributed by atoms with Crippen molar-refractivity contribution in [1.82, 2.24) is 4.57 Å². The number of hydrogen-bond donors (Lipinski definition) is 2. The molecule has 0 unspecified atom stereocenters. The van der Waals surface area contributed by atoms with Gasteiger partial charge in [0.2, 0.25) is 0 Å². The number of nitrogens with one attached hydrogen (secondary N) is 1. The highest BCUT2D eigenvalue weighted by atomic mass is 16.3. The van der Waals surface area contributed by atoms with E-state index in [1.165, 1.54) is 40.6 Å². The monoisotopic (exact) mass is 385 g/mol. The van der Waals surface area contributed by atoms with Gasteiger partial charge in [0, 0.05) is 34.7 Å². The van der Waals surface area contributed by atoms with Crippen LogP contribution in [0, 0.1) is 11.3 Å². The Bertz CT molecular complexity index is 1080. The van der Waals surface area contributed by atoms with Crippen LogP contribution in [0.5, 0.6) is 0 Å². The number of aliphatic hydroxyl groups is 1. The van der Waals surface area contributed by atoms with Crippen LogP contribution >= 0.6 is 0 Å². The van der Waals surface area contributed by atoms with Gasteiger partial charge in [0.05, 0.1) is 17.4 Å². The summed E-state index contributed by atoms with van der Waals surface area (Å²) in [5.41, 5.74) is 6.87. The van der Waals surface area contributed by atoms with Crippen LogP contribution in [0.3, 0.4) is 0 Å². The first kappa shape index (κ1) is 18.3. The quantitative estimate of drug-likeness (QED) is 0.649. The number of anilines is 1. The van der Waals surface area contributed by atoms with Crippen molar-refractivity contribution in [2.24, 2.45) is 0 Å². The Morgan fingerprint density at radius 1 is 1.03 bits per heavy atom. The molecule has 1 saturated carbocycles. The van der Waals surface area contributed by atoms with E-state index in [1.54, 1.807) is 0 Å². The van der Waals surface area contributed by atoms with Gasteiger partial charge in [-0.25, -0.2) is 0 Å². The average Bonchev–Trinajstić information content (AvgIpc) is 3.10. The summed E-state index contributed by atoms with van der Waals surface area (Å²) in [5, 5.41) is 24.4. The van der Waals surface area contributed by atoms with Crippen LogP contribution in [0.1, 0.15) is 49.8 Å². The molecule has 4 heteroatoms. The standard InChI is InChI=1S/C25H27N3O/c26-16-18-9-8-17(15-22(18)27-19-10-12-20(29)13-11-19)25-21-5-1-2-6-23(21)28-14-4-3-7-24(25)28/h1-2,5-6,8-9,15,19-20,27,29H,3-4,7,10-14H2. The number of hydrogen-bond acceptors (Lipinski definition) is 3. The third kappa shape index (κ3) is 3.30. The first-order valence-electron chi connectivity index (χ1n) is 10.8. The molecule has 148 valence electrons. The Kier molecular flexibility index (Phi) is 4.77. The van der Waals surface area contributed by atoms with Crippen molar-refractivity contribution < 1.29 is 5.11 Å². The minimum atomic E-state index is -0.172. The van der Waals surface area contributed by atoms with E-state index in [9.17, 15) is 10.4 Å². The van der Waals surface area contributed by atoms with Gasteiger partial charge in [0.1, 0.15) is 6.07 Å². The highest BCUT2D eigenvalue weighted by Gasteiger charge is 2.23. The molecule has 0 radical (unpaired) electrons. The lowest BCUT2D eigenvalue weighted by Gasteiger charge is -2.27. The number of nitriles is 1. The Morgan fingerprint density at radius 2 is 1.86 bits per heavy atom. The minimum absolute atomic E-state index is 0.172. The van der Waals surface area contributed by atoms with Crippen molar-refractivity contribution in [2.45, 2.75) is 63.6 Å². The number of para-hydroxylation sites is 1. The second kappa shape index (κ2) is 7.57. The Labute approximate surface area is 171 Å². The van der Waals surface area contributed by atoms with Crippen molar-refractivity contribution in [3.8, 4) is 17.2 Å². The second-order valence-corrected chi connectivity index (χ2v) is 8.47. The number of rotatable bonds is 3. The molecule has 1 aromatic heterocycles. The minimum Gasteiger partial charge on any atom is -0.393 e. The summed E-state index contributed by atoms with van der Waals surface area (Å²) in [6.45, 7) is 1.08. The molecule has 29 heavy (non-hydrogen) atoms. The van der Waals surface area contributed by atoms with E-state index in [2.05, 4.69) is 52.4 Å². The smallest absolute Gasteiger partial charge is 0.101 e. The van der Waals surface area contributed by atoms with Crippen LogP contribution in [0.15, 0.2) is 42.5 Å². The normalized spacial score (nSPS) is 21.5. The zero-order chi connectivity index (χ0) is 19.8. The molecule has 0 atom stereocenters. The number of aromatic nitrogens is 1. The van der Waals surface area contributed by atoms with Crippen LogP contribution in [-0.4, -0.2) is 21.8 Å². The summed E-state index contributed by atoms with van der Waals surface area (Å²) in [4.78, 5) is 0. The van der Waals surface area contributed by atoms with Gasteiger partial charge in [-0.1, -0.05) is 24.3 Å². The van der Waals surface area contributed by atoms with Crippen LogP contribution in [0.25, 0.3) is 22.0 Å². The number of nitrogens with zero attached hydrogens (tertiary/aromatic N) is 2. The van der Waals surface area contributed by atoms with Gasteiger partial charge in [-0.3, -0.25) is 0 Å².